The van der Waals surface area contributed by atoms with Gasteiger partial charge in [-0.25, -0.2) is 0 Å². The Morgan fingerprint density at radius 2 is 2.06 bits per heavy atom. The molecule has 4 unspecified atom stereocenters. The van der Waals surface area contributed by atoms with Crippen LogP contribution in [0.5, 0.6) is 0 Å². The molecule has 3 aliphatic rings. The average molecular weight is 224 g/mol. The summed E-state index contributed by atoms with van der Waals surface area (Å²) >= 11 is 0. The van der Waals surface area contributed by atoms with E-state index in [1.807, 2.05) is 0 Å². The summed E-state index contributed by atoms with van der Waals surface area (Å²) in [6, 6.07) is 1.41. The van der Waals surface area contributed by atoms with E-state index >= 15 is 0 Å². The molecule has 2 heterocycles. The highest BCUT2D eigenvalue weighted by Crippen LogP contribution is 2.36. The molecule has 0 aromatic heterocycles. The minimum absolute atomic E-state index is 0.102. The second-order valence-corrected chi connectivity index (χ2v) is 5.89. The van der Waals surface area contributed by atoms with Crippen LogP contribution in [0.15, 0.2) is 0 Å². The standard InChI is InChI=1S/C13H24N2O/c16-12-7-11(14-8-12)9-15-6-5-10-3-1-2-4-13(10)15/h10-14,16H,1-9H2. The van der Waals surface area contributed by atoms with Crippen molar-refractivity contribution in [1.29, 1.82) is 0 Å². The quantitative estimate of drug-likeness (QED) is 0.734. The molecule has 0 bridgehead atoms. The van der Waals surface area contributed by atoms with E-state index in [-0.39, 0.29) is 6.10 Å². The number of nitrogens with zero attached hydrogens (tertiary/aromatic N) is 1. The van der Waals surface area contributed by atoms with Crippen LogP contribution in [-0.4, -0.2) is 47.8 Å². The zero-order valence-electron chi connectivity index (χ0n) is 10.1. The van der Waals surface area contributed by atoms with E-state index in [1.54, 1.807) is 0 Å². The first kappa shape index (κ1) is 11.0. The Balaban J connectivity index is 1.55. The molecule has 0 amide bonds. The maximum Gasteiger partial charge on any atom is 0.0680 e. The average Bonchev–Trinajstić information content (AvgIpc) is 2.87. The highest BCUT2D eigenvalue weighted by atomic mass is 16.3. The van der Waals surface area contributed by atoms with E-state index in [2.05, 4.69) is 10.2 Å². The molecule has 0 aromatic carbocycles. The van der Waals surface area contributed by atoms with Crippen molar-refractivity contribution < 1.29 is 5.11 Å². The lowest BCUT2D eigenvalue weighted by molar-refractivity contribution is 0.161. The number of hydrogen-bond donors (Lipinski definition) is 2. The van der Waals surface area contributed by atoms with Crippen LogP contribution in [0.1, 0.15) is 38.5 Å². The van der Waals surface area contributed by atoms with E-state index < -0.39 is 0 Å². The van der Waals surface area contributed by atoms with Crippen molar-refractivity contribution in [3.63, 3.8) is 0 Å². The Bertz CT molecular complexity index is 246. The summed E-state index contributed by atoms with van der Waals surface area (Å²) in [5, 5.41) is 13.0. The van der Waals surface area contributed by atoms with E-state index in [0.29, 0.717) is 6.04 Å². The Hall–Kier alpha value is -0.120. The van der Waals surface area contributed by atoms with Crippen LogP contribution in [0, 0.1) is 5.92 Å². The Labute approximate surface area is 98.2 Å². The molecule has 1 aliphatic carbocycles. The number of hydrogen-bond acceptors (Lipinski definition) is 3. The molecule has 92 valence electrons. The summed E-state index contributed by atoms with van der Waals surface area (Å²) < 4.78 is 0. The van der Waals surface area contributed by atoms with Gasteiger partial charge in [-0.3, -0.25) is 4.90 Å². The molecule has 2 aliphatic heterocycles. The number of fused-ring (bicyclic) bond motifs is 1. The van der Waals surface area contributed by atoms with Crippen LogP contribution in [-0.2, 0) is 0 Å². The lowest BCUT2D eigenvalue weighted by atomic mass is 9.85. The van der Waals surface area contributed by atoms with Gasteiger partial charge in [0.15, 0.2) is 0 Å². The van der Waals surface area contributed by atoms with Crippen LogP contribution in [0.2, 0.25) is 0 Å². The number of rotatable bonds is 2. The molecule has 0 spiro atoms. The Morgan fingerprint density at radius 3 is 2.88 bits per heavy atom. The highest BCUT2D eigenvalue weighted by molar-refractivity contribution is 4.93. The van der Waals surface area contributed by atoms with E-state index in [0.717, 1.165) is 31.5 Å². The normalized spacial score (nSPS) is 44.8. The van der Waals surface area contributed by atoms with Crippen molar-refractivity contribution in [2.45, 2.75) is 56.7 Å². The zero-order valence-corrected chi connectivity index (χ0v) is 10.1. The molecule has 1 saturated carbocycles. The Morgan fingerprint density at radius 1 is 1.19 bits per heavy atom. The van der Waals surface area contributed by atoms with E-state index in [1.165, 1.54) is 38.6 Å². The smallest absolute Gasteiger partial charge is 0.0680 e. The molecule has 16 heavy (non-hydrogen) atoms. The molecule has 3 fully saturated rings. The van der Waals surface area contributed by atoms with Crippen LogP contribution in [0.3, 0.4) is 0 Å². The van der Waals surface area contributed by atoms with Gasteiger partial charge in [-0.05, 0) is 38.1 Å². The lowest BCUT2D eigenvalue weighted by Gasteiger charge is -2.33. The molecule has 0 aromatic rings. The third-order valence-corrected chi connectivity index (χ3v) is 4.78. The van der Waals surface area contributed by atoms with Crippen molar-refractivity contribution in [3.05, 3.63) is 0 Å². The van der Waals surface area contributed by atoms with E-state index in [9.17, 15) is 5.11 Å². The second-order valence-electron chi connectivity index (χ2n) is 5.89. The molecule has 2 N–H and O–H groups in total. The largest absolute Gasteiger partial charge is 0.392 e. The summed E-state index contributed by atoms with van der Waals surface area (Å²) in [7, 11) is 0. The third kappa shape index (κ3) is 2.13. The van der Waals surface area contributed by atoms with Crippen LogP contribution in [0.25, 0.3) is 0 Å². The maximum absolute atomic E-state index is 9.52. The predicted molar refractivity (Wildman–Crippen MR) is 64.4 cm³/mol. The Kier molecular flexibility index (Phi) is 3.18. The number of β-amino-alcohol motifs (C(OH)–C–C–N with tert-alkyl or cyclic N) is 1. The van der Waals surface area contributed by atoms with Gasteiger partial charge in [-0.1, -0.05) is 12.8 Å². The summed E-state index contributed by atoms with van der Waals surface area (Å²) in [5.41, 5.74) is 0. The zero-order chi connectivity index (χ0) is 11.0. The fraction of sp³-hybridized carbons (Fsp3) is 1.00. The third-order valence-electron chi connectivity index (χ3n) is 4.78. The lowest BCUT2D eigenvalue weighted by Crippen LogP contribution is -2.42. The summed E-state index contributed by atoms with van der Waals surface area (Å²) in [5.74, 6) is 0.986. The molecule has 3 nitrogen and oxygen atoms in total. The minimum Gasteiger partial charge on any atom is -0.392 e. The van der Waals surface area contributed by atoms with Gasteiger partial charge in [0.05, 0.1) is 6.10 Å². The van der Waals surface area contributed by atoms with Crippen molar-refractivity contribution in [2.75, 3.05) is 19.6 Å². The fourth-order valence-corrected chi connectivity index (χ4v) is 3.95. The predicted octanol–water partition coefficient (Wildman–Crippen LogP) is 0.974. The first-order valence-corrected chi connectivity index (χ1v) is 6.98. The molecular formula is C13H24N2O. The van der Waals surface area contributed by atoms with Gasteiger partial charge in [0.1, 0.15) is 0 Å². The van der Waals surface area contributed by atoms with Crippen molar-refractivity contribution in [3.8, 4) is 0 Å². The van der Waals surface area contributed by atoms with Crippen molar-refractivity contribution in [1.82, 2.24) is 10.2 Å². The maximum atomic E-state index is 9.52. The van der Waals surface area contributed by atoms with Gasteiger partial charge in [-0.2, -0.15) is 0 Å². The van der Waals surface area contributed by atoms with Gasteiger partial charge in [-0.15, -0.1) is 0 Å². The van der Waals surface area contributed by atoms with Gasteiger partial charge < -0.3 is 10.4 Å². The fourth-order valence-electron chi connectivity index (χ4n) is 3.95. The summed E-state index contributed by atoms with van der Waals surface area (Å²) in [6.07, 6.45) is 8.03. The number of likely N-dealkylation sites (tertiary alicyclic amines) is 1. The molecule has 3 rings (SSSR count). The SMILES string of the molecule is OC1CNC(CN2CCC3CCCCC32)C1. The topological polar surface area (TPSA) is 35.5 Å². The molecule has 3 heteroatoms. The van der Waals surface area contributed by atoms with Crippen LogP contribution < -0.4 is 5.32 Å². The number of aliphatic hydroxyl groups is 1. The first-order chi connectivity index (χ1) is 7.83. The van der Waals surface area contributed by atoms with E-state index in [4.69, 9.17) is 0 Å². The molecular weight excluding hydrogens is 200 g/mol. The highest BCUT2D eigenvalue weighted by Gasteiger charge is 2.37. The number of aliphatic hydroxyl groups excluding tert-OH is 1. The summed E-state index contributed by atoms with van der Waals surface area (Å²) in [6.45, 7) is 3.26. The second kappa shape index (κ2) is 4.63. The molecule has 0 radical (unpaired) electrons. The van der Waals surface area contributed by atoms with Gasteiger partial charge >= 0.3 is 0 Å². The van der Waals surface area contributed by atoms with Crippen LogP contribution in [0.4, 0.5) is 0 Å². The summed E-state index contributed by atoms with van der Waals surface area (Å²) in [4.78, 5) is 2.69. The van der Waals surface area contributed by atoms with Crippen molar-refractivity contribution >= 4 is 0 Å². The van der Waals surface area contributed by atoms with Crippen molar-refractivity contribution in [2.24, 2.45) is 5.92 Å². The monoisotopic (exact) mass is 224 g/mol. The van der Waals surface area contributed by atoms with Crippen LogP contribution >= 0.6 is 0 Å². The number of nitrogens with one attached hydrogen (secondary N) is 1. The first-order valence-electron chi connectivity index (χ1n) is 6.98. The van der Waals surface area contributed by atoms with Gasteiger partial charge in [0.25, 0.3) is 0 Å². The minimum atomic E-state index is -0.102. The van der Waals surface area contributed by atoms with Gasteiger partial charge in [0, 0.05) is 25.2 Å². The van der Waals surface area contributed by atoms with Gasteiger partial charge in [0.2, 0.25) is 0 Å². The molecule has 2 saturated heterocycles. The molecule has 4 atom stereocenters.